The third-order valence-electron chi connectivity index (χ3n) is 5.63. The van der Waals surface area contributed by atoms with Gasteiger partial charge in [0.1, 0.15) is 17.8 Å². The highest BCUT2D eigenvalue weighted by atomic mass is 127. The maximum absolute atomic E-state index is 9.87. The SMILES string of the molecule is Cc1c(CN2CCC(C#N)(c3ccccn3)CC2)cc(CI)c(OCCN)c1Cl. The van der Waals surface area contributed by atoms with Crippen LogP contribution in [0.4, 0.5) is 0 Å². The number of piperidine rings is 1. The van der Waals surface area contributed by atoms with Crippen LogP contribution in [-0.2, 0) is 16.4 Å². The molecule has 1 aromatic carbocycles. The normalized spacial score (nSPS) is 16.4. The number of aromatic nitrogens is 1. The Hall–Kier alpha value is -1.40. The molecule has 0 unspecified atom stereocenters. The van der Waals surface area contributed by atoms with E-state index in [0.717, 1.165) is 59.5 Å². The van der Waals surface area contributed by atoms with Crippen molar-refractivity contribution in [1.82, 2.24) is 9.88 Å². The van der Waals surface area contributed by atoms with E-state index in [1.807, 2.05) is 25.1 Å². The third kappa shape index (κ3) is 4.85. The number of hydrogen-bond acceptors (Lipinski definition) is 5. The van der Waals surface area contributed by atoms with Crippen LogP contribution in [-0.4, -0.2) is 36.1 Å². The molecule has 0 bridgehead atoms. The van der Waals surface area contributed by atoms with E-state index in [1.165, 1.54) is 5.56 Å². The summed E-state index contributed by atoms with van der Waals surface area (Å²) in [4.78, 5) is 6.85. The van der Waals surface area contributed by atoms with Crippen molar-refractivity contribution in [1.29, 1.82) is 5.26 Å². The van der Waals surface area contributed by atoms with Crippen molar-refractivity contribution < 1.29 is 4.74 Å². The Bertz CT molecular complexity index is 877. The van der Waals surface area contributed by atoms with Gasteiger partial charge in [0.05, 0.1) is 16.8 Å². The fraction of sp³-hybridized carbons (Fsp3) is 0.455. The number of nitrogens with two attached hydrogens (primary N) is 1. The van der Waals surface area contributed by atoms with Gasteiger partial charge in [0, 0.05) is 42.4 Å². The van der Waals surface area contributed by atoms with Crippen LogP contribution in [0, 0.1) is 18.3 Å². The van der Waals surface area contributed by atoms with Crippen LogP contribution in [0.5, 0.6) is 5.75 Å². The van der Waals surface area contributed by atoms with Crippen molar-refractivity contribution in [3.63, 3.8) is 0 Å². The molecule has 1 fully saturated rings. The van der Waals surface area contributed by atoms with E-state index in [4.69, 9.17) is 22.1 Å². The predicted octanol–water partition coefficient (Wildman–Crippen LogP) is 4.37. The van der Waals surface area contributed by atoms with Gasteiger partial charge in [-0.05, 0) is 49.1 Å². The number of halogens is 2. The highest BCUT2D eigenvalue weighted by molar-refractivity contribution is 14.1. The lowest BCUT2D eigenvalue weighted by molar-refractivity contribution is 0.176. The molecule has 0 radical (unpaired) electrons. The molecule has 3 rings (SSSR count). The molecule has 0 atom stereocenters. The summed E-state index contributed by atoms with van der Waals surface area (Å²) >= 11 is 8.98. The molecular formula is C22H26ClIN4O. The molecule has 0 aliphatic carbocycles. The van der Waals surface area contributed by atoms with Crippen molar-refractivity contribution in [2.24, 2.45) is 5.73 Å². The summed E-state index contributed by atoms with van der Waals surface area (Å²) < 4.78 is 6.63. The largest absolute Gasteiger partial charge is 0.490 e. The number of nitriles is 1. The van der Waals surface area contributed by atoms with Crippen LogP contribution >= 0.6 is 34.2 Å². The Kier molecular flexibility index (Phi) is 7.74. The predicted molar refractivity (Wildman–Crippen MR) is 125 cm³/mol. The topological polar surface area (TPSA) is 75.2 Å². The summed E-state index contributed by atoms with van der Waals surface area (Å²) in [6.07, 6.45) is 3.33. The van der Waals surface area contributed by atoms with Crippen LogP contribution < -0.4 is 10.5 Å². The minimum atomic E-state index is -0.488. The summed E-state index contributed by atoms with van der Waals surface area (Å²) in [5, 5.41) is 10.6. The number of nitrogens with zero attached hydrogens (tertiary/aromatic N) is 3. The van der Waals surface area contributed by atoms with E-state index in [2.05, 4.69) is 44.6 Å². The van der Waals surface area contributed by atoms with Crippen molar-refractivity contribution in [2.75, 3.05) is 26.2 Å². The van der Waals surface area contributed by atoms with Gasteiger partial charge in [0.15, 0.2) is 0 Å². The van der Waals surface area contributed by atoms with Gasteiger partial charge in [0.25, 0.3) is 0 Å². The van der Waals surface area contributed by atoms with Gasteiger partial charge < -0.3 is 10.5 Å². The van der Waals surface area contributed by atoms with Crippen LogP contribution in [0.25, 0.3) is 0 Å². The summed E-state index contributed by atoms with van der Waals surface area (Å²) in [5.74, 6) is 0.755. The Morgan fingerprint density at radius 3 is 2.69 bits per heavy atom. The lowest BCUT2D eigenvalue weighted by Crippen LogP contribution is -2.42. The minimum absolute atomic E-state index is 0.456. The van der Waals surface area contributed by atoms with Gasteiger partial charge in [0.2, 0.25) is 0 Å². The maximum Gasteiger partial charge on any atom is 0.142 e. The van der Waals surface area contributed by atoms with Crippen LogP contribution in [0.15, 0.2) is 30.5 Å². The van der Waals surface area contributed by atoms with Gasteiger partial charge >= 0.3 is 0 Å². The number of pyridine rings is 1. The van der Waals surface area contributed by atoms with Crippen molar-refractivity contribution >= 4 is 34.2 Å². The first-order valence-corrected chi connectivity index (χ1v) is 11.7. The second-order valence-electron chi connectivity index (χ2n) is 7.42. The van der Waals surface area contributed by atoms with Crippen LogP contribution in [0.1, 0.15) is 35.2 Å². The monoisotopic (exact) mass is 524 g/mol. The lowest BCUT2D eigenvalue weighted by atomic mass is 9.76. The molecule has 0 amide bonds. The Labute approximate surface area is 191 Å². The van der Waals surface area contributed by atoms with E-state index in [9.17, 15) is 5.26 Å². The first-order valence-electron chi connectivity index (χ1n) is 9.79. The van der Waals surface area contributed by atoms with Gasteiger partial charge in [-0.25, -0.2) is 0 Å². The van der Waals surface area contributed by atoms with Gasteiger partial charge in [-0.15, -0.1) is 0 Å². The summed E-state index contributed by atoms with van der Waals surface area (Å²) in [7, 11) is 0. The van der Waals surface area contributed by atoms with E-state index >= 15 is 0 Å². The molecular weight excluding hydrogens is 499 g/mol. The summed E-state index contributed by atoms with van der Waals surface area (Å²) in [6.45, 7) is 5.48. The average Bonchev–Trinajstić information content (AvgIpc) is 2.77. The first kappa shape index (κ1) is 22.3. The van der Waals surface area contributed by atoms with E-state index in [-0.39, 0.29) is 0 Å². The number of ether oxygens (including phenoxy) is 1. The molecule has 2 heterocycles. The second kappa shape index (κ2) is 10.1. The highest BCUT2D eigenvalue weighted by Crippen LogP contribution is 2.38. The molecule has 5 nitrogen and oxygen atoms in total. The fourth-order valence-corrected chi connectivity index (χ4v) is 4.69. The average molecular weight is 525 g/mol. The van der Waals surface area contributed by atoms with E-state index < -0.39 is 5.41 Å². The Morgan fingerprint density at radius 1 is 1.34 bits per heavy atom. The van der Waals surface area contributed by atoms with Gasteiger partial charge in [-0.2, -0.15) is 5.26 Å². The molecule has 2 N–H and O–H groups in total. The van der Waals surface area contributed by atoms with Crippen molar-refractivity contribution in [3.8, 4) is 11.8 Å². The molecule has 2 aromatic rings. The number of hydrogen-bond donors (Lipinski definition) is 1. The van der Waals surface area contributed by atoms with E-state index in [0.29, 0.717) is 18.2 Å². The smallest absolute Gasteiger partial charge is 0.142 e. The fourth-order valence-electron chi connectivity index (χ4n) is 3.82. The van der Waals surface area contributed by atoms with Crippen LogP contribution in [0.2, 0.25) is 5.02 Å². The third-order valence-corrected chi connectivity index (χ3v) is 6.91. The number of likely N-dealkylation sites (tertiary alicyclic amines) is 1. The maximum atomic E-state index is 9.87. The van der Waals surface area contributed by atoms with Crippen LogP contribution in [0.3, 0.4) is 0 Å². The standard InChI is InChI=1S/C22H26ClIN4O/c1-16-18(12-17(13-24)21(20(16)23)29-11-7-25)14-28-9-5-22(15-26,6-10-28)19-4-2-3-8-27-19/h2-4,8,12H,5-7,9-11,13-14,25H2,1H3. The summed E-state index contributed by atoms with van der Waals surface area (Å²) in [5.41, 5.74) is 9.34. The van der Waals surface area contributed by atoms with Gasteiger partial charge in [-0.1, -0.05) is 40.3 Å². The first-order chi connectivity index (χ1) is 14.0. The molecule has 154 valence electrons. The quantitative estimate of drug-likeness (QED) is 0.430. The second-order valence-corrected chi connectivity index (χ2v) is 8.56. The number of alkyl halides is 1. The number of benzene rings is 1. The zero-order valence-electron chi connectivity index (χ0n) is 16.6. The molecule has 0 saturated carbocycles. The number of rotatable bonds is 7. The molecule has 1 aromatic heterocycles. The lowest BCUT2D eigenvalue weighted by Gasteiger charge is -2.37. The summed E-state index contributed by atoms with van der Waals surface area (Å²) in [6, 6.07) is 10.6. The molecule has 7 heteroatoms. The highest BCUT2D eigenvalue weighted by Gasteiger charge is 2.37. The molecule has 1 saturated heterocycles. The molecule has 1 aliphatic heterocycles. The van der Waals surface area contributed by atoms with Gasteiger partial charge in [-0.3, -0.25) is 9.88 Å². The Balaban J connectivity index is 1.75. The van der Waals surface area contributed by atoms with E-state index in [1.54, 1.807) is 6.20 Å². The zero-order valence-corrected chi connectivity index (χ0v) is 19.5. The van der Waals surface area contributed by atoms with Crippen molar-refractivity contribution in [2.45, 2.75) is 36.2 Å². The van der Waals surface area contributed by atoms with Crippen molar-refractivity contribution in [3.05, 3.63) is 57.9 Å². The molecule has 29 heavy (non-hydrogen) atoms. The molecule has 1 aliphatic rings. The minimum Gasteiger partial charge on any atom is -0.490 e. The zero-order chi connectivity index (χ0) is 20.9. The Morgan fingerprint density at radius 2 is 2.10 bits per heavy atom. The molecule has 0 spiro atoms.